The third-order valence-corrected chi connectivity index (χ3v) is 3.35. The fourth-order valence-corrected chi connectivity index (χ4v) is 2.19. The van der Waals surface area contributed by atoms with Crippen LogP contribution in [0.4, 0.5) is 11.4 Å². The molecule has 7 heteroatoms. The normalized spacial score (nSPS) is 14.2. The molecule has 1 saturated carbocycles. The van der Waals surface area contributed by atoms with Gasteiger partial charge in [-0.15, -0.1) is 10.2 Å². The highest BCUT2D eigenvalue weighted by molar-refractivity contribution is 5.61. The number of nitrogens with zero attached hydrogens (tertiary/aromatic N) is 4. The van der Waals surface area contributed by atoms with Crippen LogP contribution in [0.25, 0.3) is 0 Å². The van der Waals surface area contributed by atoms with Gasteiger partial charge in [0.1, 0.15) is 17.8 Å². The number of nitrogens with one attached hydrogen (secondary N) is 1. The van der Waals surface area contributed by atoms with Crippen LogP contribution in [0.2, 0.25) is 0 Å². The predicted octanol–water partition coefficient (Wildman–Crippen LogP) is 2.18. The molecule has 1 fully saturated rings. The van der Waals surface area contributed by atoms with Gasteiger partial charge in [0.05, 0.1) is 4.92 Å². The zero-order valence-electron chi connectivity index (χ0n) is 10.9. The number of hydrogen-bond donors (Lipinski definition) is 1. The maximum Gasteiger partial charge on any atom is 0.292 e. The topological polar surface area (TPSA) is 85.9 Å². The summed E-state index contributed by atoms with van der Waals surface area (Å²) in [6.07, 6.45) is 4.83. The SMILES string of the molecule is O=[N+]([O-])c1ccccc1NCCc1nncn1C1CC1. The molecule has 0 aliphatic heterocycles. The first-order chi connectivity index (χ1) is 9.75. The van der Waals surface area contributed by atoms with Gasteiger partial charge >= 0.3 is 0 Å². The van der Waals surface area contributed by atoms with E-state index < -0.39 is 0 Å². The van der Waals surface area contributed by atoms with E-state index in [1.54, 1.807) is 24.5 Å². The van der Waals surface area contributed by atoms with Crippen LogP contribution < -0.4 is 5.32 Å². The van der Waals surface area contributed by atoms with E-state index in [4.69, 9.17) is 0 Å². The number of anilines is 1. The molecular formula is C13H15N5O2. The number of para-hydroxylation sites is 2. The van der Waals surface area contributed by atoms with Gasteiger partial charge in [0, 0.05) is 25.1 Å². The van der Waals surface area contributed by atoms with Gasteiger partial charge in [-0.1, -0.05) is 12.1 Å². The number of rotatable bonds is 6. The van der Waals surface area contributed by atoms with E-state index in [-0.39, 0.29) is 10.6 Å². The first-order valence-electron chi connectivity index (χ1n) is 6.61. The zero-order valence-corrected chi connectivity index (χ0v) is 10.9. The van der Waals surface area contributed by atoms with Gasteiger partial charge in [0.2, 0.25) is 0 Å². The van der Waals surface area contributed by atoms with E-state index in [9.17, 15) is 10.1 Å². The summed E-state index contributed by atoms with van der Waals surface area (Å²) in [4.78, 5) is 10.5. The van der Waals surface area contributed by atoms with Crippen molar-refractivity contribution < 1.29 is 4.92 Å². The molecular weight excluding hydrogens is 258 g/mol. The van der Waals surface area contributed by atoms with Crippen molar-refractivity contribution in [1.29, 1.82) is 0 Å². The van der Waals surface area contributed by atoms with E-state index >= 15 is 0 Å². The van der Waals surface area contributed by atoms with Crippen molar-refractivity contribution in [2.45, 2.75) is 25.3 Å². The number of nitro benzene ring substituents is 1. The molecule has 0 bridgehead atoms. The van der Waals surface area contributed by atoms with Crippen LogP contribution in [0.15, 0.2) is 30.6 Å². The van der Waals surface area contributed by atoms with Gasteiger partial charge in [-0.2, -0.15) is 0 Å². The maximum atomic E-state index is 10.9. The Morgan fingerprint density at radius 1 is 1.40 bits per heavy atom. The molecule has 0 amide bonds. The molecule has 1 aliphatic carbocycles. The van der Waals surface area contributed by atoms with Crippen molar-refractivity contribution in [3.8, 4) is 0 Å². The minimum atomic E-state index is -0.380. The van der Waals surface area contributed by atoms with Crippen molar-refractivity contribution >= 4 is 11.4 Å². The maximum absolute atomic E-state index is 10.9. The summed E-state index contributed by atoms with van der Waals surface area (Å²) < 4.78 is 2.10. The second kappa shape index (κ2) is 5.28. The molecule has 1 heterocycles. The van der Waals surface area contributed by atoms with Crippen LogP contribution in [0.1, 0.15) is 24.7 Å². The smallest absolute Gasteiger partial charge is 0.292 e. The highest BCUT2D eigenvalue weighted by atomic mass is 16.6. The lowest BCUT2D eigenvalue weighted by atomic mass is 10.2. The van der Waals surface area contributed by atoms with E-state index in [2.05, 4.69) is 20.1 Å². The second-order valence-corrected chi connectivity index (χ2v) is 4.84. The summed E-state index contributed by atoms with van der Waals surface area (Å²) in [7, 11) is 0. The molecule has 0 unspecified atom stereocenters. The van der Waals surface area contributed by atoms with Crippen LogP contribution in [-0.2, 0) is 6.42 Å². The predicted molar refractivity (Wildman–Crippen MR) is 73.6 cm³/mol. The molecule has 3 rings (SSSR count). The van der Waals surface area contributed by atoms with E-state index in [1.165, 1.54) is 18.9 Å². The van der Waals surface area contributed by atoms with Gasteiger partial charge < -0.3 is 9.88 Å². The van der Waals surface area contributed by atoms with Crippen molar-refractivity contribution in [3.05, 3.63) is 46.5 Å². The molecule has 2 aromatic rings. The van der Waals surface area contributed by atoms with Gasteiger partial charge in [-0.25, -0.2) is 0 Å². The van der Waals surface area contributed by atoms with Crippen molar-refractivity contribution in [2.75, 3.05) is 11.9 Å². The molecule has 1 N–H and O–H groups in total. The van der Waals surface area contributed by atoms with Gasteiger partial charge in [-0.05, 0) is 18.9 Å². The lowest BCUT2D eigenvalue weighted by Crippen LogP contribution is -2.10. The Morgan fingerprint density at radius 2 is 2.20 bits per heavy atom. The zero-order chi connectivity index (χ0) is 13.9. The number of aromatic nitrogens is 3. The van der Waals surface area contributed by atoms with E-state index in [1.807, 2.05) is 0 Å². The van der Waals surface area contributed by atoms with Crippen molar-refractivity contribution in [3.63, 3.8) is 0 Å². The Balaban J connectivity index is 1.62. The first-order valence-corrected chi connectivity index (χ1v) is 6.61. The minimum absolute atomic E-state index is 0.0937. The van der Waals surface area contributed by atoms with Crippen LogP contribution in [0.5, 0.6) is 0 Å². The molecule has 1 aromatic heterocycles. The van der Waals surface area contributed by atoms with Gasteiger partial charge in [-0.3, -0.25) is 10.1 Å². The molecule has 0 atom stereocenters. The average Bonchev–Trinajstić information content (AvgIpc) is 3.19. The fraction of sp³-hybridized carbons (Fsp3) is 0.385. The Kier molecular flexibility index (Phi) is 3.32. The number of benzene rings is 1. The summed E-state index contributed by atoms with van der Waals surface area (Å²) in [5.41, 5.74) is 0.631. The number of hydrogen-bond acceptors (Lipinski definition) is 5. The lowest BCUT2D eigenvalue weighted by Gasteiger charge is -2.07. The van der Waals surface area contributed by atoms with Crippen LogP contribution in [0.3, 0.4) is 0 Å². The van der Waals surface area contributed by atoms with Crippen LogP contribution in [-0.4, -0.2) is 26.2 Å². The van der Waals surface area contributed by atoms with Crippen LogP contribution >= 0.6 is 0 Å². The monoisotopic (exact) mass is 273 g/mol. The Hall–Kier alpha value is -2.44. The molecule has 1 aliphatic rings. The summed E-state index contributed by atoms with van der Waals surface area (Å²) in [5.74, 6) is 0.929. The summed E-state index contributed by atoms with van der Waals surface area (Å²) >= 11 is 0. The van der Waals surface area contributed by atoms with Gasteiger partial charge in [0.15, 0.2) is 0 Å². The Morgan fingerprint density at radius 3 is 2.95 bits per heavy atom. The molecule has 0 saturated heterocycles. The minimum Gasteiger partial charge on any atom is -0.379 e. The molecule has 0 radical (unpaired) electrons. The van der Waals surface area contributed by atoms with Crippen LogP contribution in [0, 0.1) is 10.1 Å². The Bertz CT molecular complexity index is 621. The molecule has 104 valence electrons. The average molecular weight is 273 g/mol. The van der Waals surface area contributed by atoms with Gasteiger partial charge in [0.25, 0.3) is 5.69 Å². The quantitative estimate of drug-likeness (QED) is 0.644. The number of nitro groups is 1. The largest absolute Gasteiger partial charge is 0.379 e. The first kappa shape index (κ1) is 12.6. The molecule has 0 spiro atoms. The highest BCUT2D eigenvalue weighted by Gasteiger charge is 2.25. The summed E-state index contributed by atoms with van der Waals surface area (Å²) in [6.45, 7) is 0.594. The fourth-order valence-electron chi connectivity index (χ4n) is 2.19. The molecule has 1 aromatic carbocycles. The lowest BCUT2D eigenvalue weighted by molar-refractivity contribution is -0.384. The van der Waals surface area contributed by atoms with Crippen molar-refractivity contribution in [1.82, 2.24) is 14.8 Å². The highest BCUT2D eigenvalue weighted by Crippen LogP contribution is 2.35. The molecule has 7 nitrogen and oxygen atoms in total. The second-order valence-electron chi connectivity index (χ2n) is 4.84. The summed E-state index contributed by atoms with van der Waals surface area (Å²) in [6, 6.07) is 7.19. The van der Waals surface area contributed by atoms with Crippen molar-refractivity contribution in [2.24, 2.45) is 0 Å². The van der Waals surface area contributed by atoms with E-state index in [0.29, 0.717) is 24.7 Å². The van der Waals surface area contributed by atoms with E-state index in [0.717, 1.165) is 5.82 Å². The molecule has 20 heavy (non-hydrogen) atoms. The third kappa shape index (κ3) is 2.61. The Labute approximate surface area is 115 Å². The standard InChI is InChI=1S/C13H15N5O2/c19-18(20)12-4-2-1-3-11(12)14-8-7-13-16-15-9-17(13)10-5-6-10/h1-4,9-10,14H,5-8H2. The summed E-state index contributed by atoms with van der Waals surface area (Å²) in [5, 5.41) is 22.0. The third-order valence-electron chi connectivity index (χ3n) is 3.35.